The number of anilines is 6. The van der Waals surface area contributed by atoms with Crippen LogP contribution < -0.4 is 30.1 Å². The normalized spacial score (nSPS) is 18.2. The molecule has 0 bridgehead atoms. The summed E-state index contributed by atoms with van der Waals surface area (Å²) < 4.78 is 43.1. The first-order valence-corrected chi connectivity index (χ1v) is 21.2. The second-order valence-electron chi connectivity index (χ2n) is 14.8. The fourth-order valence-electron chi connectivity index (χ4n) is 10.5. The van der Waals surface area contributed by atoms with Gasteiger partial charge in [-0.15, -0.1) is 0 Å². The van der Waals surface area contributed by atoms with Gasteiger partial charge in [0.05, 0.1) is 16.6 Å². The van der Waals surface area contributed by atoms with Gasteiger partial charge in [0.25, 0.3) is 0 Å². The topological polar surface area (TPSA) is 15.7 Å². The number of ether oxygens (including phenoxy) is 1. The average Bonchev–Trinajstić information content (AvgIpc) is 3.56. The molecule has 3 aliphatic heterocycles. The quantitative estimate of drug-likeness (QED) is 0.164. The van der Waals surface area contributed by atoms with Gasteiger partial charge in [-0.1, -0.05) is 140 Å². The van der Waals surface area contributed by atoms with E-state index in [1.807, 2.05) is 60.7 Å². The van der Waals surface area contributed by atoms with Gasteiger partial charge in [-0.25, -0.2) is 0 Å². The molecule has 12 rings (SSSR count). The number of hydrogen-bond donors (Lipinski definition) is 0. The molecule has 260 valence electrons. The summed E-state index contributed by atoms with van der Waals surface area (Å²) in [6, 6.07) is 58.3. The minimum absolute atomic E-state index is 0.347. The molecular weight excluding hydrogens is 685 g/mol. The molecule has 0 radical (unpaired) electrons. The molecule has 4 aliphatic rings. The lowest BCUT2D eigenvalue weighted by Gasteiger charge is -2.53. The standard InChI is InChI=1S/C51H36N2OSi/c1-2-55-48-41-29-17-30-42(48)53(37-25-13-6-14-26-37)44-33-40-46(47(50(44)55)54-45-32-18-31-43(49(45)55)52(41)36-23-11-5-12-24-36)38-27-15-16-28-39(38)51(40,34-19-7-3-8-20-34)35-21-9-4-10-22-35/h3-33H,2H2,1H3/i5D,6D,17D,18D. The molecule has 8 aromatic carbocycles. The monoisotopic (exact) mass is 724 g/mol. The van der Waals surface area contributed by atoms with Crippen molar-refractivity contribution < 1.29 is 10.2 Å². The largest absolute Gasteiger partial charge is 0.457 e. The second kappa shape index (κ2) is 11.2. The van der Waals surface area contributed by atoms with E-state index in [-0.39, 0.29) is 0 Å². The maximum atomic E-state index is 9.47. The van der Waals surface area contributed by atoms with Gasteiger partial charge in [-0.05, 0) is 93.6 Å². The summed E-state index contributed by atoms with van der Waals surface area (Å²) in [5.74, 6) is 1.56. The van der Waals surface area contributed by atoms with Crippen LogP contribution in [0.25, 0.3) is 11.1 Å². The first-order valence-electron chi connectivity index (χ1n) is 21.0. The van der Waals surface area contributed by atoms with E-state index in [1.54, 1.807) is 12.1 Å². The van der Waals surface area contributed by atoms with Gasteiger partial charge in [-0.3, -0.25) is 0 Å². The van der Waals surface area contributed by atoms with Crippen LogP contribution in [0.5, 0.6) is 11.5 Å². The zero-order valence-electron chi connectivity index (χ0n) is 34.1. The predicted molar refractivity (Wildman–Crippen MR) is 228 cm³/mol. The summed E-state index contributed by atoms with van der Waals surface area (Å²) in [5, 5.41) is 3.53. The molecule has 0 aromatic heterocycles. The lowest BCUT2D eigenvalue weighted by Crippen LogP contribution is -2.74. The molecule has 0 fully saturated rings. The van der Waals surface area contributed by atoms with Gasteiger partial charge in [-0.2, -0.15) is 0 Å². The van der Waals surface area contributed by atoms with Crippen molar-refractivity contribution in [3.63, 3.8) is 0 Å². The highest BCUT2D eigenvalue weighted by Crippen LogP contribution is 2.62. The van der Waals surface area contributed by atoms with Crippen molar-refractivity contribution >= 4 is 57.8 Å². The highest BCUT2D eigenvalue weighted by molar-refractivity contribution is 7.16. The number of nitrogens with zero attached hydrogens (tertiary/aromatic N) is 2. The number of para-hydroxylation sites is 2. The van der Waals surface area contributed by atoms with Crippen molar-refractivity contribution in [2.45, 2.75) is 18.4 Å². The van der Waals surface area contributed by atoms with E-state index in [0.29, 0.717) is 29.9 Å². The van der Waals surface area contributed by atoms with Gasteiger partial charge < -0.3 is 14.5 Å². The van der Waals surface area contributed by atoms with Crippen LogP contribution in [-0.4, -0.2) is 8.07 Å². The Hall–Kier alpha value is -6.62. The smallest absolute Gasteiger partial charge is 0.168 e. The molecule has 1 unspecified atom stereocenters. The summed E-state index contributed by atoms with van der Waals surface area (Å²) in [7, 11) is -3.06. The molecule has 1 aliphatic carbocycles. The van der Waals surface area contributed by atoms with Gasteiger partial charge in [0.2, 0.25) is 0 Å². The summed E-state index contributed by atoms with van der Waals surface area (Å²) in [6.07, 6.45) is 0. The first kappa shape index (κ1) is 27.0. The van der Waals surface area contributed by atoms with Crippen LogP contribution in [0.1, 0.15) is 34.7 Å². The van der Waals surface area contributed by atoms with Crippen LogP contribution >= 0.6 is 0 Å². The number of fused-ring (bicyclic) bond motifs is 4. The lowest BCUT2D eigenvalue weighted by molar-refractivity contribution is 0.488. The van der Waals surface area contributed by atoms with E-state index in [4.69, 9.17) is 7.48 Å². The minimum Gasteiger partial charge on any atom is -0.457 e. The fourth-order valence-corrected chi connectivity index (χ4v) is 15.9. The van der Waals surface area contributed by atoms with E-state index in [1.165, 1.54) is 15.9 Å². The maximum Gasteiger partial charge on any atom is 0.168 e. The van der Waals surface area contributed by atoms with Crippen molar-refractivity contribution in [2.24, 2.45) is 0 Å². The molecular formula is C51H36N2OSi. The van der Waals surface area contributed by atoms with Crippen molar-refractivity contribution in [3.05, 3.63) is 210 Å². The molecule has 0 saturated carbocycles. The average molecular weight is 725 g/mol. The second-order valence-corrected chi connectivity index (χ2v) is 18.8. The van der Waals surface area contributed by atoms with Gasteiger partial charge in [0.15, 0.2) is 8.07 Å². The van der Waals surface area contributed by atoms with E-state index in [2.05, 4.69) is 108 Å². The van der Waals surface area contributed by atoms with Crippen molar-refractivity contribution in [2.75, 3.05) is 9.80 Å². The first-order chi connectivity index (χ1) is 28.8. The Balaban J connectivity index is 1.30. The summed E-state index contributed by atoms with van der Waals surface area (Å²) in [5.41, 5.74) is 11.7. The summed E-state index contributed by atoms with van der Waals surface area (Å²) in [6.45, 7) is 2.31. The number of benzene rings is 8. The Morgan fingerprint density at radius 1 is 0.527 bits per heavy atom. The Morgan fingerprint density at radius 3 is 1.69 bits per heavy atom. The van der Waals surface area contributed by atoms with Gasteiger partial charge >= 0.3 is 0 Å². The SMILES string of the molecule is [2H]c1ccc(N2c3cc([2H])cc4c3[Si]3(CC)c5c2cc([2H])cc5N(c2ccc([2H])cc2)c2cc5c(c(c23)O4)-c2ccccc2C5(c2ccccc2)c2ccccc2)cc1. The third kappa shape index (κ3) is 3.75. The summed E-state index contributed by atoms with van der Waals surface area (Å²) in [4.78, 5) is 4.51. The van der Waals surface area contributed by atoms with E-state index >= 15 is 0 Å². The van der Waals surface area contributed by atoms with Crippen LogP contribution in [0.2, 0.25) is 6.04 Å². The van der Waals surface area contributed by atoms with Gasteiger partial charge in [0.1, 0.15) is 11.5 Å². The fraction of sp³-hybridized carbons (Fsp3) is 0.0588. The molecule has 3 nitrogen and oxygen atoms in total. The third-order valence-corrected chi connectivity index (χ3v) is 17.6. The van der Waals surface area contributed by atoms with Crippen molar-refractivity contribution in [1.82, 2.24) is 0 Å². The predicted octanol–water partition coefficient (Wildman–Crippen LogP) is 11.2. The molecule has 0 amide bonds. The van der Waals surface area contributed by atoms with E-state index in [0.717, 1.165) is 78.9 Å². The molecule has 4 heteroatoms. The Kier molecular flexibility index (Phi) is 5.51. The van der Waals surface area contributed by atoms with Crippen molar-refractivity contribution in [3.8, 4) is 22.6 Å². The van der Waals surface area contributed by atoms with Crippen LogP contribution in [0.3, 0.4) is 0 Å². The molecule has 8 aromatic rings. The highest BCUT2D eigenvalue weighted by atomic mass is 28.3. The Labute approximate surface area is 328 Å². The van der Waals surface area contributed by atoms with Crippen molar-refractivity contribution in [1.29, 1.82) is 0 Å². The molecule has 0 N–H and O–H groups in total. The van der Waals surface area contributed by atoms with E-state index in [9.17, 15) is 2.74 Å². The Morgan fingerprint density at radius 2 is 1.07 bits per heavy atom. The minimum atomic E-state index is -3.06. The van der Waals surface area contributed by atoms with Crippen LogP contribution in [0, 0.1) is 0 Å². The number of rotatable bonds is 5. The lowest BCUT2D eigenvalue weighted by atomic mass is 9.67. The number of hydrogen-bond acceptors (Lipinski definition) is 3. The van der Waals surface area contributed by atoms with E-state index < -0.39 is 13.5 Å². The zero-order chi connectivity index (χ0) is 39.8. The van der Waals surface area contributed by atoms with Gasteiger partial charge in [0, 0.05) is 44.4 Å². The molecule has 3 heterocycles. The molecule has 1 atom stereocenters. The van der Waals surface area contributed by atoms with Crippen LogP contribution in [0.4, 0.5) is 34.1 Å². The molecule has 55 heavy (non-hydrogen) atoms. The van der Waals surface area contributed by atoms with Crippen LogP contribution in [-0.2, 0) is 5.41 Å². The third-order valence-electron chi connectivity index (χ3n) is 12.5. The maximum absolute atomic E-state index is 9.47. The Bertz CT molecular complexity index is 3030. The molecule has 0 spiro atoms. The summed E-state index contributed by atoms with van der Waals surface area (Å²) >= 11 is 0. The van der Waals surface area contributed by atoms with Crippen LogP contribution in [0.15, 0.2) is 188 Å². The molecule has 0 saturated heterocycles. The zero-order valence-corrected chi connectivity index (χ0v) is 31.1. The highest BCUT2D eigenvalue weighted by Gasteiger charge is 2.59.